The third-order valence-electron chi connectivity index (χ3n) is 4.26. The van der Waals surface area contributed by atoms with Crippen LogP contribution < -0.4 is 5.73 Å². The summed E-state index contributed by atoms with van der Waals surface area (Å²) in [5.41, 5.74) is 11.4. The minimum atomic E-state index is -0.244. The molecule has 1 aliphatic rings. The van der Waals surface area contributed by atoms with E-state index in [0.717, 1.165) is 24.0 Å². The van der Waals surface area contributed by atoms with Crippen LogP contribution in [-0.2, 0) is 12.8 Å². The average Bonchev–Trinajstić information content (AvgIpc) is 3.04. The van der Waals surface area contributed by atoms with Crippen molar-refractivity contribution in [3.63, 3.8) is 0 Å². The zero-order valence-electron chi connectivity index (χ0n) is 11.2. The van der Waals surface area contributed by atoms with Crippen molar-refractivity contribution in [2.75, 3.05) is 0 Å². The average molecular weight is 334 g/mol. The summed E-state index contributed by atoms with van der Waals surface area (Å²) in [7, 11) is 0. The van der Waals surface area contributed by atoms with Crippen molar-refractivity contribution in [1.29, 1.82) is 0 Å². The third-order valence-corrected chi connectivity index (χ3v) is 5.78. The second kappa shape index (κ2) is 4.99. The summed E-state index contributed by atoms with van der Waals surface area (Å²) in [6, 6.07) is 12.5. The van der Waals surface area contributed by atoms with E-state index < -0.39 is 0 Å². The zero-order valence-corrected chi connectivity index (χ0v) is 13.5. The van der Waals surface area contributed by atoms with Crippen LogP contribution in [0.2, 0.25) is 8.67 Å². The summed E-state index contributed by atoms with van der Waals surface area (Å²) < 4.78 is 1.35. The molecule has 0 spiro atoms. The van der Waals surface area contributed by atoms with Gasteiger partial charge in [0.25, 0.3) is 0 Å². The van der Waals surface area contributed by atoms with Gasteiger partial charge in [0.15, 0.2) is 0 Å². The van der Waals surface area contributed by atoms with E-state index in [1.54, 1.807) is 0 Å². The highest BCUT2D eigenvalue weighted by molar-refractivity contribution is 7.20. The standard InChI is InChI=1S/C17H13Cl2NS/c18-14-8-13(17(19)21-14)16(20)12-7-6-10-5-4-9-2-1-3-11(12)15(9)10/h1-3,6-8,16H,4-5,20H2. The molecule has 0 aliphatic heterocycles. The van der Waals surface area contributed by atoms with Crippen LogP contribution in [0, 0.1) is 0 Å². The number of rotatable bonds is 2. The van der Waals surface area contributed by atoms with Gasteiger partial charge in [0.05, 0.1) is 14.7 Å². The van der Waals surface area contributed by atoms with Crippen LogP contribution in [0.1, 0.15) is 28.3 Å². The summed E-state index contributed by atoms with van der Waals surface area (Å²) in [4.78, 5) is 0. The fourth-order valence-electron chi connectivity index (χ4n) is 3.27. The minimum Gasteiger partial charge on any atom is -0.320 e. The van der Waals surface area contributed by atoms with Gasteiger partial charge in [0.2, 0.25) is 0 Å². The monoisotopic (exact) mass is 333 g/mol. The van der Waals surface area contributed by atoms with E-state index in [4.69, 9.17) is 28.9 Å². The summed E-state index contributed by atoms with van der Waals surface area (Å²) in [6.45, 7) is 0. The van der Waals surface area contributed by atoms with E-state index >= 15 is 0 Å². The van der Waals surface area contributed by atoms with Gasteiger partial charge < -0.3 is 5.73 Å². The minimum absolute atomic E-state index is 0.244. The topological polar surface area (TPSA) is 26.0 Å². The molecule has 1 nitrogen and oxygen atoms in total. The maximum absolute atomic E-state index is 6.48. The third kappa shape index (κ3) is 2.09. The normalized spacial score (nSPS) is 14.8. The van der Waals surface area contributed by atoms with Crippen molar-refractivity contribution in [2.24, 2.45) is 5.73 Å². The van der Waals surface area contributed by atoms with Crippen LogP contribution in [-0.4, -0.2) is 0 Å². The van der Waals surface area contributed by atoms with Gasteiger partial charge in [0, 0.05) is 5.56 Å². The van der Waals surface area contributed by atoms with Gasteiger partial charge in [-0.1, -0.05) is 53.5 Å². The summed E-state index contributed by atoms with van der Waals surface area (Å²) >= 11 is 13.7. The molecule has 1 atom stereocenters. The van der Waals surface area contributed by atoms with Crippen LogP contribution in [0.4, 0.5) is 0 Å². The van der Waals surface area contributed by atoms with E-state index in [0.29, 0.717) is 8.67 Å². The molecule has 4 heteroatoms. The van der Waals surface area contributed by atoms with Crippen LogP contribution in [0.5, 0.6) is 0 Å². The largest absolute Gasteiger partial charge is 0.320 e. The van der Waals surface area contributed by atoms with Gasteiger partial charge in [-0.25, -0.2) is 0 Å². The zero-order chi connectivity index (χ0) is 14.6. The number of benzene rings is 2. The van der Waals surface area contributed by atoms with Gasteiger partial charge in [-0.2, -0.15) is 0 Å². The quantitative estimate of drug-likeness (QED) is 0.671. The molecule has 0 saturated heterocycles. The Hall–Kier alpha value is -1.06. The predicted octanol–water partition coefficient (Wildman–Crippen LogP) is 5.35. The molecular formula is C17H13Cl2NS. The fraction of sp³-hybridized carbons (Fsp3) is 0.176. The Morgan fingerprint density at radius 1 is 1.00 bits per heavy atom. The second-order valence-corrected chi connectivity index (χ2v) is 7.70. The van der Waals surface area contributed by atoms with Crippen molar-refractivity contribution in [3.8, 4) is 0 Å². The number of hydrogen-bond donors (Lipinski definition) is 1. The molecule has 4 rings (SSSR count). The maximum Gasteiger partial charge on any atom is 0.0995 e. The molecule has 106 valence electrons. The molecule has 2 N–H and O–H groups in total. The van der Waals surface area contributed by atoms with Crippen LogP contribution in [0.15, 0.2) is 36.4 Å². The Labute approximate surface area is 137 Å². The van der Waals surface area contributed by atoms with Crippen molar-refractivity contribution in [1.82, 2.24) is 0 Å². The lowest BCUT2D eigenvalue weighted by atomic mass is 9.93. The van der Waals surface area contributed by atoms with Gasteiger partial charge in [0.1, 0.15) is 0 Å². The summed E-state index contributed by atoms with van der Waals surface area (Å²) in [5, 5.41) is 2.62. The van der Waals surface area contributed by atoms with E-state index in [2.05, 4.69) is 30.3 Å². The van der Waals surface area contributed by atoms with Gasteiger partial charge in [-0.05, 0) is 46.4 Å². The molecule has 1 aliphatic carbocycles. The lowest BCUT2D eigenvalue weighted by Gasteiger charge is -2.15. The smallest absolute Gasteiger partial charge is 0.0995 e. The van der Waals surface area contributed by atoms with Crippen molar-refractivity contribution < 1.29 is 0 Å². The maximum atomic E-state index is 6.48. The van der Waals surface area contributed by atoms with E-state index in [9.17, 15) is 0 Å². The van der Waals surface area contributed by atoms with Gasteiger partial charge in [-0.15, -0.1) is 11.3 Å². The SMILES string of the molecule is NC(c1cc(Cl)sc1Cl)c1ccc2c3c(cccc13)CC2. The van der Waals surface area contributed by atoms with Crippen molar-refractivity contribution in [2.45, 2.75) is 18.9 Å². The molecule has 0 radical (unpaired) electrons. The van der Waals surface area contributed by atoms with Crippen LogP contribution in [0.3, 0.4) is 0 Å². The molecule has 1 aromatic heterocycles. The van der Waals surface area contributed by atoms with Gasteiger partial charge >= 0.3 is 0 Å². The molecule has 1 heterocycles. The molecule has 0 saturated carbocycles. The van der Waals surface area contributed by atoms with E-state index in [-0.39, 0.29) is 6.04 Å². The van der Waals surface area contributed by atoms with E-state index in [1.165, 1.54) is 33.2 Å². The number of nitrogens with two attached hydrogens (primary N) is 1. The summed E-state index contributed by atoms with van der Waals surface area (Å²) in [6.07, 6.45) is 2.24. The molecule has 3 aromatic rings. The predicted molar refractivity (Wildman–Crippen MR) is 91.7 cm³/mol. The number of aryl methyl sites for hydroxylation is 2. The molecule has 2 aromatic carbocycles. The fourth-order valence-corrected chi connectivity index (χ4v) is 4.82. The first kappa shape index (κ1) is 13.6. The van der Waals surface area contributed by atoms with Crippen LogP contribution >= 0.6 is 34.5 Å². The highest BCUT2D eigenvalue weighted by Gasteiger charge is 2.21. The summed E-state index contributed by atoms with van der Waals surface area (Å²) in [5.74, 6) is 0. The Morgan fingerprint density at radius 2 is 1.76 bits per heavy atom. The number of halogens is 2. The molecule has 0 bridgehead atoms. The molecule has 0 fully saturated rings. The van der Waals surface area contributed by atoms with Crippen molar-refractivity contribution in [3.05, 3.63) is 67.3 Å². The Morgan fingerprint density at radius 3 is 2.48 bits per heavy atom. The first-order valence-electron chi connectivity index (χ1n) is 6.89. The highest BCUT2D eigenvalue weighted by Crippen LogP contribution is 2.40. The second-order valence-electron chi connectivity index (χ2n) is 5.41. The molecule has 21 heavy (non-hydrogen) atoms. The lowest BCUT2D eigenvalue weighted by molar-refractivity contribution is 0.886. The number of hydrogen-bond acceptors (Lipinski definition) is 2. The van der Waals surface area contributed by atoms with Crippen molar-refractivity contribution >= 4 is 45.3 Å². The van der Waals surface area contributed by atoms with Gasteiger partial charge in [-0.3, -0.25) is 0 Å². The van der Waals surface area contributed by atoms with Crippen LogP contribution in [0.25, 0.3) is 10.8 Å². The Balaban J connectivity index is 1.94. The number of thiophene rings is 1. The Kier molecular flexibility index (Phi) is 3.23. The molecular weight excluding hydrogens is 321 g/mol. The molecule has 1 unspecified atom stereocenters. The van der Waals surface area contributed by atoms with E-state index in [1.807, 2.05) is 6.07 Å². The lowest BCUT2D eigenvalue weighted by Crippen LogP contribution is -2.12. The Bertz CT molecular complexity index is 843. The highest BCUT2D eigenvalue weighted by atomic mass is 35.5. The first-order chi connectivity index (χ1) is 10.1. The first-order valence-corrected chi connectivity index (χ1v) is 8.46. The molecule has 0 amide bonds.